The van der Waals surface area contributed by atoms with Crippen LogP contribution in [-0.2, 0) is 20.9 Å². The van der Waals surface area contributed by atoms with Crippen molar-refractivity contribution in [3.05, 3.63) is 107 Å². The summed E-state index contributed by atoms with van der Waals surface area (Å²) >= 11 is 1.59. The number of nitrogen functional groups attached to an aromatic ring is 1. The number of nitrogens with one attached hydrogen (secondary N) is 1. The summed E-state index contributed by atoms with van der Waals surface area (Å²) < 4.78 is 20.2. The predicted octanol–water partition coefficient (Wildman–Crippen LogP) is 7.58. The highest BCUT2D eigenvalue weighted by Crippen LogP contribution is 2.38. The maximum Gasteiger partial charge on any atom is 0.254 e. The van der Waals surface area contributed by atoms with Gasteiger partial charge in [0.15, 0.2) is 11.6 Å². The van der Waals surface area contributed by atoms with Crippen molar-refractivity contribution in [3.63, 3.8) is 0 Å². The van der Waals surface area contributed by atoms with Gasteiger partial charge in [0.2, 0.25) is 11.8 Å². The van der Waals surface area contributed by atoms with E-state index in [1.54, 1.807) is 41.8 Å². The number of aliphatic hydroxyl groups excluding tert-OH is 1. The van der Waals surface area contributed by atoms with Gasteiger partial charge in [-0.2, -0.15) is 5.10 Å². The smallest absolute Gasteiger partial charge is 0.254 e. The second kappa shape index (κ2) is 21.9. The van der Waals surface area contributed by atoms with Crippen molar-refractivity contribution in [2.24, 2.45) is 11.8 Å². The number of aromatic nitrogens is 6. The number of carbonyl (C=O) groups is 2. The summed E-state index contributed by atoms with van der Waals surface area (Å²) in [6, 6.07) is 17.4. The molecule has 5 N–H and O–H groups in total. The molecule has 374 valence electrons. The fraction of sp³-hybridized carbons (Fsp3) is 0.453. The quantitative estimate of drug-likeness (QED) is 0.0611. The van der Waals surface area contributed by atoms with Gasteiger partial charge in [0.05, 0.1) is 58.9 Å². The number of likely N-dealkylation sites (tertiary alicyclic amines) is 2. The molecule has 4 aromatic heterocycles. The number of piperidine rings is 1. The summed E-state index contributed by atoms with van der Waals surface area (Å²) in [6.45, 7) is 13.6. The first-order valence-corrected chi connectivity index (χ1v) is 25.5. The number of aromatic hydroxyl groups is 1. The Morgan fingerprint density at radius 1 is 1.00 bits per heavy atom. The van der Waals surface area contributed by atoms with Crippen LogP contribution in [0.15, 0.2) is 94.7 Å². The van der Waals surface area contributed by atoms with Crippen LogP contribution < -0.4 is 15.8 Å². The molecule has 3 aliphatic rings. The number of nitrogens with two attached hydrogens (primary N) is 1. The number of hydrogen-bond acceptors (Lipinski definition) is 15. The standard InChI is InChI=1S/C53H64N10O7S/c1-31(2)49(53(67)63-29-39(64)24-45(63)52(66)57-33(4)35-10-12-36(13-11-35)50-34(5)55-30-71-50)47-26-48(60-70-47)68-21-20-61-17-15-40(16-18-61)69-41-22-37(23-41)32(3)14-19-62-28-38(27-56-62)43-25-44(58-59-51(43)54)42-8-6-7-9-46(42)65/h6-14,25-28,30-31,33,37,39-41,45,49,64-65H,15-24,29H2,1-5H3,(H2,54,59)(H,57,66)/b32-14+/t33-,37?,39+,41?,45-,49+/m0/s1. The minimum Gasteiger partial charge on any atom is -0.507 e. The highest BCUT2D eigenvalue weighted by molar-refractivity contribution is 7.13. The van der Waals surface area contributed by atoms with E-state index in [1.807, 2.05) is 80.5 Å². The highest BCUT2D eigenvalue weighted by Gasteiger charge is 2.44. The van der Waals surface area contributed by atoms with Crippen LogP contribution >= 0.6 is 11.3 Å². The Morgan fingerprint density at radius 3 is 2.51 bits per heavy atom. The molecule has 0 radical (unpaired) electrons. The maximum absolute atomic E-state index is 14.2. The van der Waals surface area contributed by atoms with Crippen molar-refractivity contribution in [2.45, 2.75) is 110 Å². The van der Waals surface area contributed by atoms with E-state index in [9.17, 15) is 19.8 Å². The molecule has 0 bridgehead atoms. The fourth-order valence-corrected chi connectivity index (χ4v) is 10.7. The van der Waals surface area contributed by atoms with Crippen LogP contribution in [0.25, 0.3) is 32.8 Å². The number of para-hydroxylation sites is 1. The van der Waals surface area contributed by atoms with Gasteiger partial charge in [0, 0.05) is 61.6 Å². The molecule has 9 rings (SSSR count). The minimum absolute atomic E-state index is 0.0557. The molecule has 2 saturated heterocycles. The number of carbonyl (C=O) groups excluding carboxylic acids is 2. The summed E-state index contributed by atoms with van der Waals surface area (Å²) in [6.07, 6.45) is 9.72. The van der Waals surface area contributed by atoms with Gasteiger partial charge < -0.3 is 40.2 Å². The lowest BCUT2D eigenvalue weighted by molar-refractivity contribution is -0.141. The van der Waals surface area contributed by atoms with E-state index in [0.29, 0.717) is 53.3 Å². The second-order valence-electron chi connectivity index (χ2n) is 19.6. The molecule has 0 unspecified atom stereocenters. The molecule has 1 aliphatic carbocycles. The summed E-state index contributed by atoms with van der Waals surface area (Å²) in [5.41, 5.74) is 15.0. The van der Waals surface area contributed by atoms with Crippen molar-refractivity contribution < 1.29 is 33.8 Å². The molecule has 1 saturated carbocycles. The van der Waals surface area contributed by atoms with E-state index < -0.39 is 18.1 Å². The fourth-order valence-electron chi connectivity index (χ4n) is 9.93. The lowest BCUT2D eigenvalue weighted by Crippen LogP contribution is -2.48. The molecule has 6 aromatic rings. The van der Waals surface area contributed by atoms with Crippen molar-refractivity contribution in [3.8, 4) is 44.5 Å². The Hall–Kier alpha value is -6.47. The Morgan fingerprint density at radius 2 is 1.77 bits per heavy atom. The molecule has 17 nitrogen and oxygen atoms in total. The van der Waals surface area contributed by atoms with Gasteiger partial charge >= 0.3 is 0 Å². The molecule has 0 spiro atoms. The lowest BCUT2D eigenvalue weighted by Gasteiger charge is -2.40. The van der Waals surface area contributed by atoms with E-state index in [4.69, 9.17) is 19.7 Å². The number of β-amino-alcohol motifs (C(OH)–C–C–N with tert-alkyl or cyclic N) is 1. The van der Waals surface area contributed by atoms with Crippen LogP contribution in [0.5, 0.6) is 11.6 Å². The Labute approximate surface area is 418 Å². The molecule has 4 atom stereocenters. The first-order chi connectivity index (χ1) is 34.3. The van der Waals surface area contributed by atoms with Gasteiger partial charge in [-0.05, 0) is 92.8 Å². The minimum atomic E-state index is -0.825. The number of hydrogen-bond donors (Lipinski definition) is 4. The molecule has 71 heavy (non-hydrogen) atoms. The summed E-state index contributed by atoms with van der Waals surface area (Å²) in [5, 5.41) is 41.1. The van der Waals surface area contributed by atoms with Crippen LogP contribution in [-0.4, -0.2) is 119 Å². The van der Waals surface area contributed by atoms with Gasteiger partial charge in [-0.25, -0.2) is 4.98 Å². The zero-order chi connectivity index (χ0) is 49.8. The first kappa shape index (κ1) is 49.5. The number of amides is 2. The Kier molecular flexibility index (Phi) is 15.3. The Bertz CT molecular complexity index is 2810. The molecule has 2 aromatic carbocycles. The third kappa shape index (κ3) is 11.5. The average Bonchev–Trinajstić information content (AvgIpc) is 4.19. The number of rotatable bonds is 18. The number of phenolic OH excluding ortho intramolecular Hbond substituents is 1. The SMILES string of the molecule is C/C(=C\Cn1cc(-c2cc(-c3ccccc3O)nnc2N)cn1)C1CC(OC2CCN(CCOc3cc([C@H](C(=O)N4C[C@H](O)C[C@H]4C(=O)N[C@@H](C)c4ccc(-c5scnc5C)cc4)C(C)C)on3)CC2)C1. The number of phenols is 1. The van der Waals surface area contributed by atoms with Crippen molar-refractivity contribution in [2.75, 3.05) is 38.5 Å². The van der Waals surface area contributed by atoms with E-state index in [-0.39, 0.29) is 54.7 Å². The predicted molar refractivity (Wildman–Crippen MR) is 270 cm³/mol. The monoisotopic (exact) mass is 984 g/mol. The molecule has 18 heteroatoms. The molecule has 2 aliphatic heterocycles. The van der Waals surface area contributed by atoms with Crippen LogP contribution in [0.3, 0.4) is 0 Å². The number of aryl methyl sites for hydroxylation is 1. The zero-order valence-electron chi connectivity index (χ0n) is 41.0. The van der Waals surface area contributed by atoms with Crippen LogP contribution in [0.4, 0.5) is 5.82 Å². The Balaban J connectivity index is 0.689. The second-order valence-corrected chi connectivity index (χ2v) is 20.4. The lowest BCUT2D eigenvalue weighted by atomic mass is 9.77. The van der Waals surface area contributed by atoms with Gasteiger partial charge in [0.25, 0.3) is 5.88 Å². The molecule has 3 fully saturated rings. The third-order valence-electron chi connectivity index (χ3n) is 14.3. The largest absolute Gasteiger partial charge is 0.507 e. The van der Waals surface area contributed by atoms with Gasteiger partial charge in [-0.15, -0.1) is 21.5 Å². The van der Waals surface area contributed by atoms with Crippen molar-refractivity contribution in [1.82, 2.24) is 45.2 Å². The van der Waals surface area contributed by atoms with Crippen molar-refractivity contribution >= 4 is 29.0 Å². The van der Waals surface area contributed by atoms with E-state index in [0.717, 1.165) is 72.6 Å². The third-order valence-corrected chi connectivity index (χ3v) is 15.2. The number of ether oxygens (including phenoxy) is 2. The number of nitrogens with zero attached hydrogens (tertiary/aromatic N) is 8. The molecule has 2 amide bonds. The summed E-state index contributed by atoms with van der Waals surface area (Å²) in [7, 11) is 0. The number of benzene rings is 2. The van der Waals surface area contributed by atoms with E-state index in [1.165, 1.54) is 10.5 Å². The number of allylic oxidation sites excluding steroid dienone is 2. The van der Waals surface area contributed by atoms with Crippen molar-refractivity contribution in [1.29, 1.82) is 0 Å². The van der Waals surface area contributed by atoms with Gasteiger partial charge in [-0.1, -0.05) is 61.9 Å². The van der Waals surface area contributed by atoms with Crippen LogP contribution in [0, 0.1) is 18.8 Å². The number of aliphatic hydroxyl groups is 1. The average molecular weight is 985 g/mol. The first-order valence-electron chi connectivity index (χ1n) is 24.7. The molecule has 6 heterocycles. The highest BCUT2D eigenvalue weighted by atomic mass is 32.1. The number of anilines is 1. The normalized spacial score (nSPS) is 20.8. The van der Waals surface area contributed by atoms with E-state index in [2.05, 4.69) is 48.7 Å². The summed E-state index contributed by atoms with van der Waals surface area (Å²) in [5.74, 6) is 0.0982. The van der Waals surface area contributed by atoms with E-state index >= 15 is 0 Å². The maximum atomic E-state index is 14.2. The zero-order valence-corrected chi connectivity index (χ0v) is 41.8. The van der Waals surface area contributed by atoms with Gasteiger partial charge in [0.1, 0.15) is 24.3 Å². The molecular weight excluding hydrogens is 921 g/mol. The summed E-state index contributed by atoms with van der Waals surface area (Å²) in [4.78, 5) is 37.2. The number of thiazole rings is 1. The van der Waals surface area contributed by atoms with Crippen LogP contribution in [0.1, 0.15) is 88.8 Å². The molecular formula is C53H64N10O7S. The van der Waals surface area contributed by atoms with Crippen LogP contribution in [0.2, 0.25) is 0 Å². The van der Waals surface area contributed by atoms with Gasteiger partial charge in [-0.3, -0.25) is 19.2 Å². The topological polar surface area (TPSA) is 220 Å².